The highest BCUT2D eigenvalue weighted by molar-refractivity contribution is 7.89. The van der Waals surface area contributed by atoms with Crippen molar-refractivity contribution < 1.29 is 17.6 Å². The molecule has 0 radical (unpaired) electrons. The van der Waals surface area contributed by atoms with E-state index in [1.165, 1.54) is 10.6 Å². The Morgan fingerprint density at radius 3 is 2.70 bits per heavy atom. The molecule has 1 aromatic heterocycles. The van der Waals surface area contributed by atoms with Crippen LogP contribution >= 0.6 is 0 Å². The number of hydrogen-bond acceptors (Lipinski definition) is 4. The summed E-state index contributed by atoms with van der Waals surface area (Å²) >= 11 is 0. The van der Waals surface area contributed by atoms with E-state index in [1.54, 1.807) is 42.5 Å². The lowest BCUT2D eigenvalue weighted by molar-refractivity contribution is -0.124. The molecular formula is C16H18N2O4S. The first kappa shape index (κ1) is 15.8. The second-order valence-corrected chi connectivity index (χ2v) is 7.27. The molecule has 1 unspecified atom stereocenters. The summed E-state index contributed by atoms with van der Waals surface area (Å²) in [7, 11) is -3.66. The summed E-state index contributed by atoms with van der Waals surface area (Å²) in [4.78, 5) is 12.6. The number of rotatable bonds is 5. The van der Waals surface area contributed by atoms with Crippen LogP contribution in [0, 0.1) is 0 Å². The number of furan rings is 1. The van der Waals surface area contributed by atoms with Crippen molar-refractivity contribution in [3.05, 3.63) is 54.5 Å². The van der Waals surface area contributed by atoms with Crippen molar-refractivity contribution in [3.63, 3.8) is 0 Å². The first-order valence-corrected chi connectivity index (χ1v) is 8.90. The monoisotopic (exact) mass is 334 g/mol. The maximum Gasteiger partial charge on any atom is 0.243 e. The molecule has 1 aromatic carbocycles. The zero-order valence-electron chi connectivity index (χ0n) is 12.5. The van der Waals surface area contributed by atoms with Crippen molar-refractivity contribution in [2.75, 3.05) is 6.54 Å². The Balaban J connectivity index is 1.73. The third-order valence-corrected chi connectivity index (χ3v) is 5.80. The van der Waals surface area contributed by atoms with Gasteiger partial charge in [-0.3, -0.25) is 4.79 Å². The van der Waals surface area contributed by atoms with Crippen LogP contribution in [0.1, 0.15) is 18.6 Å². The average molecular weight is 334 g/mol. The lowest BCUT2D eigenvalue weighted by Gasteiger charge is -2.23. The second-order valence-electron chi connectivity index (χ2n) is 5.38. The molecule has 2 aromatic rings. The SMILES string of the molecule is O=C(NCc1ccco1)C1CCCN1S(=O)(=O)c1ccccc1. The summed E-state index contributed by atoms with van der Waals surface area (Å²) in [6, 6.07) is 11.0. The molecule has 1 N–H and O–H groups in total. The molecule has 2 heterocycles. The molecule has 122 valence electrons. The maximum absolute atomic E-state index is 12.7. The van der Waals surface area contributed by atoms with E-state index in [1.807, 2.05) is 0 Å². The predicted molar refractivity (Wildman–Crippen MR) is 83.9 cm³/mol. The largest absolute Gasteiger partial charge is 0.467 e. The molecule has 0 bridgehead atoms. The highest BCUT2D eigenvalue weighted by Crippen LogP contribution is 2.26. The molecule has 0 saturated carbocycles. The molecule has 3 rings (SSSR count). The third kappa shape index (κ3) is 3.30. The van der Waals surface area contributed by atoms with Crippen LogP contribution in [-0.2, 0) is 21.4 Å². The van der Waals surface area contributed by atoms with Crippen LogP contribution in [0.5, 0.6) is 0 Å². The zero-order valence-corrected chi connectivity index (χ0v) is 13.3. The van der Waals surface area contributed by atoms with Crippen LogP contribution in [0.2, 0.25) is 0 Å². The number of amides is 1. The first-order chi connectivity index (χ1) is 11.1. The smallest absolute Gasteiger partial charge is 0.243 e. The van der Waals surface area contributed by atoms with Crippen molar-refractivity contribution >= 4 is 15.9 Å². The molecule has 1 amide bonds. The summed E-state index contributed by atoms with van der Waals surface area (Å²) in [5.41, 5.74) is 0. The van der Waals surface area contributed by atoms with Gasteiger partial charge in [-0.05, 0) is 37.1 Å². The van der Waals surface area contributed by atoms with E-state index in [-0.39, 0.29) is 17.3 Å². The topological polar surface area (TPSA) is 79.6 Å². The summed E-state index contributed by atoms with van der Waals surface area (Å²) < 4.78 is 31.9. The average Bonchev–Trinajstić information content (AvgIpc) is 3.25. The summed E-state index contributed by atoms with van der Waals surface area (Å²) in [6.45, 7) is 0.609. The second kappa shape index (κ2) is 6.55. The summed E-state index contributed by atoms with van der Waals surface area (Å²) in [5, 5.41) is 2.74. The van der Waals surface area contributed by atoms with Crippen molar-refractivity contribution in [3.8, 4) is 0 Å². The van der Waals surface area contributed by atoms with Gasteiger partial charge < -0.3 is 9.73 Å². The summed E-state index contributed by atoms with van der Waals surface area (Å²) in [6.07, 6.45) is 2.73. The van der Waals surface area contributed by atoms with E-state index in [9.17, 15) is 13.2 Å². The van der Waals surface area contributed by atoms with Gasteiger partial charge in [-0.1, -0.05) is 18.2 Å². The van der Waals surface area contributed by atoms with Crippen LogP contribution in [0.15, 0.2) is 58.0 Å². The van der Waals surface area contributed by atoms with Crippen LogP contribution in [0.3, 0.4) is 0 Å². The van der Waals surface area contributed by atoms with Crippen molar-refractivity contribution in [2.45, 2.75) is 30.3 Å². The summed E-state index contributed by atoms with van der Waals surface area (Å²) in [5.74, 6) is 0.340. The maximum atomic E-state index is 12.7. The third-order valence-electron chi connectivity index (χ3n) is 3.87. The van der Waals surface area contributed by atoms with Crippen molar-refractivity contribution in [1.82, 2.24) is 9.62 Å². The van der Waals surface area contributed by atoms with E-state index < -0.39 is 16.1 Å². The molecule has 1 aliphatic rings. The van der Waals surface area contributed by atoms with Gasteiger partial charge in [-0.2, -0.15) is 4.31 Å². The Bertz CT molecular complexity index is 757. The molecule has 7 heteroatoms. The number of nitrogens with zero attached hydrogens (tertiary/aromatic N) is 1. The van der Waals surface area contributed by atoms with Crippen LogP contribution in [0.25, 0.3) is 0 Å². The number of benzene rings is 1. The fourth-order valence-electron chi connectivity index (χ4n) is 2.72. The normalized spacial score (nSPS) is 18.9. The quantitative estimate of drug-likeness (QED) is 0.903. The molecular weight excluding hydrogens is 316 g/mol. The van der Waals surface area contributed by atoms with Gasteiger partial charge in [0.05, 0.1) is 17.7 Å². The van der Waals surface area contributed by atoms with Gasteiger partial charge >= 0.3 is 0 Å². The zero-order chi connectivity index (χ0) is 16.3. The number of hydrogen-bond donors (Lipinski definition) is 1. The predicted octanol–water partition coefficient (Wildman–Crippen LogP) is 1.75. The fourth-order valence-corrected chi connectivity index (χ4v) is 4.40. The Hall–Kier alpha value is -2.12. The first-order valence-electron chi connectivity index (χ1n) is 7.46. The molecule has 0 spiro atoms. The Labute approximate surface area is 135 Å². The molecule has 1 atom stereocenters. The molecule has 1 fully saturated rings. The minimum atomic E-state index is -3.66. The van der Waals surface area contributed by atoms with E-state index in [4.69, 9.17) is 4.42 Å². The number of carbonyl (C=O) groups is 1. The van der Waals surface area contributed by atoms with E-state index in [0.29, 0.717) is 25.1 Å². The minimum absolute atomic E-state index is 0.214. The van der Waals surface area contributed by atoms with Crippen LogP contribution in [-0.4, -0.2) is 31.2 Å². The van der Waals surface area contributed by atoms with E-state index >= 15 is 0 Å². The molecule has 0 aliphatic carbocycles. The Morgan fingerprint density at radius 2 is 2.00 bits per heavy atom. The highest BCUT2D eigenvalue weighted by atomic mass is 32.2. The highest BCUT2D eigenvalue weighted by Gasteiger charge is 2.39. The van der Waals surface area contributed by atoms with Crippen LogP contribution < -0.4 is 5.32 Å². The van der Waals surface area contributed by atoms with Gasteiger partial charge in [-0.25, -0.2) is 8.42 Å². The standard InChI is InChI=1S/C16H18N2O4S/c19-16(17-12-13-6-5-11-22-13)15-9-4-10-18(15)23(20,21)14-7-2-1-3-8-14/h1-3,5-8,11,15H,4,9-10,12H2,(H,17,19). The lowest BCUT2D eigenvalue weighted by atomic mass is 10.2. The van der Waals surface area contributed by atoms with Gasteiger partial charge in [0.25, 0.3) is 0 Å². The van der Waals surface area contributed by atoms with Crippen molar-refractivity contribution in [1.29, 1.82) is 0 Å². The number of carbonyl (C=O) groups excluding carboxylic acids is 1. The Morgan fingerprint density at radius 1 is 1.22 bits per heavy atom. The fraction of sp³-hybridized carbons (Fsp3) is 0.312. The number of sulfonamides is 1. The van der Waals surface area contributed by atoms with E-state index in [0.717, 1.165) is 0 Å². The molecule has 6 nitrogen and oxygen atoms in total. The van der Waals surface area contributed by atoms with Gasteiger partial charge in [-0.15, -0.1) is 0 Å². The molecule has 23 heavy (non-hydrogen) atoms. The molecule has 1 saturated heterocycles. The number of nitrogens with one attached hydrogen (secondary N) is 1. The lowest BCUT2D eigenvalue weighted by Crippen LogP contribution is -2.45. The van der Waals surface area contributed by atoms with Gasteiger partial charge in [0.2, 0.25) is 15.9 Å². The van der Waals surface area contributed by atoms with E-state index in [2.05, 4.69) is 5.32 Å². The minimum Gasteiger partial charge on any atom is -0.467 e. The van der Waals surface area contributed by atoms with Crippen molar-refractivity contribution in [2.24, 2.45) is 0 Å². The van der Waals surface area contributed by atoms with Gasteiger partial charge in [0.15, 0.2) is 0 Å². The van der Waals surface area contributed by atoms with Gasteiger partial charge in [0.1, 0.15) is 11.8 Å². The Kier molecular flexibility index (Phi) is 4.49. The molecule has 1 aliphatic heterocycles. The van der Waals surface area contributed by atoms with Gasteiger partial charge in [0, 0.05) is 6.54 Å². The van der Waals surface area contributed by atoms with Crippen LogP contribution in [0.4, 0.5) is 0 Å².